The van der Waals surface area contributed by atoms with Crippen molar-refractivity contribution in [2.45, 2.75) is 50.2 Å². The molecule has 1 aromatic heterocycles. The number of amides is 1. The van der Waals surface area contributed by atoms with E-state index < -0.39 is 0 Å². The van der Waals surface area contributed by atoms with E-state index in [1.807, 2.05) is 19.3 Å². The minimum atomic E-state index is -0.385. The molecule has 6 heteroatoms. The van der Waals surface area contributed by atoms with Crippen LogP contribution in [-0.2, 0) is 11.8 Å². The molecule has 6 nitrogen and oxygen atoms in total. The van der Waals surface area contributed by atoms with Gasteiger partial charge < -0.3 is 16.0 Å². The molecule has 3 rings (SSSR count). The minimum absolute atomic E-state index is 0.00839. The highest BCUT2D eigenvalue weighted by molar-refractivity contribution is 5.83. The van der Waals surface area contributed by atoms with Crippen molar-refractivity contribution in [3.63, 3.8) is 0 Å². The van der Waals surface area contributed by atoms with Crippen LogP contribution in [0.15, 0.2) is 42.7 Å². The molecule has 0 radical (unpaired) electrons. The van der Waals surface area contributed by atoms with Crippen LogP contribution >= 0.6 is 0 Å². The summed E-state index contributed by atoms with van der Waals surface area (Å²) in [6.45, 7) is 2.84. The molecule has 1 fully saturated rings. The number of nitrogens with one attached hydrogen (secondary N) is 3. The topological polar surface area (TPSA) is 71.0 Å². The normalized spacial score (nSPS) is 18.2. The zero-order valence-corrected chi connectivity index (χ0v) is 16.5. The Kier molecular flexibility index (Phi) is 6.29. The molecule has 2 unspecified atom stereocenters. The van der Waals surface area contributed by atoms with Crippen molar-refractivity contribution in [3.05, 3.63) is 53.9 Å². The lowest BCUT2D eigenvalue weighted by Crippen LogP contribution is -2.53. The molecule has 1 saturated carbocycles. The number of aryl methyl sites for hydroxylation is 1. The number of benzene rings is 1. The smallest absolute Gasteiger partial charge is 0.241 e. The molecule has 0 spiro atoms. The standard InChI is InChI=1S/C21H31N5O/c1-16(17-9-5-4-6-10-17)25-21(11-7-8-12-21)15-23-20(27)19(22-2)18-13-24-26(3)14-18/h4-6,9-10,13-14,16,19,22,25H,7-8,11-12,15H2,1-3H3,(H,23,27). The van der Waals surface area contributed by atoms with Crippen molar-refractivity contribution in [2.24, 2.45) is 7.05 Å². The van der Waals surface area contributed by atoms with Gasteiger partial charge in [-0.25, -0.2) is 0 Å². The summed E-state index contributed by atoms with van der Waals surface area (Å²) < 4.78 is 1.72. The summed E-state index contributed by atoms with van der Waals surface area (Å²) in [5.74, 6) is -0.00839. The molecule has 3 N–H and O–H groups in total. The van der Waals surface area contributed by atoms with Gasteiger partial charge in [-0.05, 0) is 32.4 Å². The molecule has 0 aliphatic heterocycles. The van der Waals surface area contributed by atoms with Crippen LogP contribution in [0.25, 0.3) is 0 Å². The second kappa shape index (κ2) is 8.67. The van der Waals surface area contributed by atoms with E-state index in [-0.39, 0.29) is 23.5 Å². The van der Waals surface area contributed by atoms with Gasteiger partial charge in [0.1, 0.15) is 6.04 Å². The van der Waals surface area contributed by atoms with Crippen molar-refractivity contribution < 1.29 is 4.79 Å². The third kappa shape index (κ3) is 4.76. The van der Waals surface area contributed by atoms with Crippen LogP contribution < -0.4 is 16.0 Å². The molecular weight excluding hydrogens is 338 g/mol. The number of hydrogen-bond acceptors (Lipinski definition) is 4. The monoisotopic (exact) mass is 369 g/mol. The number of likely N-dealkylation sites (N-methyl/N-ethyl adjacent to an activating group) is 1. The van der Waals surface area contributed by atoms with Crippen LogP contribution in [0.3, 0.4) is 0 Å². The first-order valence-corrected chi connectivity index (χ1v) is 9.79. The molecule has 1 aromatic carbocycles. The molecule has 0 bridgehead atoms. The van der Waals surface area contributed by atoms with E-state index >= 15 is 0 Å². The Morgan fingerprint density at radius 2 is 1.93 bits per heavy atom. The van der Waals surface area contributed by atoms with Crippen LogP contribution in [0.1, 0.15) is 55.8 Å². The summed E-state index contributed by atoms with van der Waals surface area (Å²) >= 11 is 0. The van der Waals surface area contributed by atoms with Crippen LogP contribution in [0.2, 0.25) is 0 Å². The summed E-state index contributed by atoms with van der Waals surface area (Å²) in [6.07, 6.45) is 8.18. The van der Waals surface area contributed by atoms with Gasteiger partial charge in [-0.2, -0.15) is 5.10 Å². The van der Waals surface area contributed by atoms with E-state index in [4.69, 9.17) is 0 Å². The molecule has 2 aromatic rings. The van der Waals surface area contributed by atoms with Crippen molar-refractivity contribution in [2.75, 3.05) is 13.6 Å². The van der Waals surface area contributed by atoms with Gasteiger partial charge >= 0.3 is 0 Å². The Bertz CT molecular complexity index is 736. The van der Waals surface area contributed by atoms with Gasteiger partial charge in [0.2, 0.25) is 5.91 Å². The Hall–Kier alpha value is -2.18. The molecule has 1 heterocycles. The number of hydrogen-bond donors (Lipinski definition) is 3. The van der Waals surface area contributed by atoms with E-state index in [1.54, 1.807) is 17.9 Å². The molecule has 1 aliphatic carbocycles. The van der Waals surface area contributed by atoms with E-state index in [0.29, 0.717) is 6.54 Å². The highest BCUT2D eigenvalue weighted by atomic mass is 16.2. The minimum Gasteiger partial charge on any atom is -0.353 e. The van der Waals surface area contributed by atoms with E-state index in [1.165, 1.54) is 18.4 Å². The van der Waals surface area contributed by atoms with E-state index in [2.05, 4.69) is 52.2 Å². The van der Waals surface area contributed by atoms with Gasteiger partial charge in [-0.1, -0.05) is 43.2 Å². The fraction of sp³-hybridized carbons (Fsp3) is 0.524. The summed E-state index contributed by atoms with van der Waals surface area (Å²) in [5.41, 5.74) is 2.11. The van der Waals surface area contributed by atoms with Gasteiger partial charge in [-0.15, -0.1) is 0 Å². The summed E-state index contributed by atoms with van der Waals surface area (Å²) in [7, 11) is 3.66. The Morgan fingerprint density at radius 1 is 1.22 bits per heavy atom. The fourth-order valence-electron chi connectivity index (χ4n) is 4.10. The SMILES string of the molecule is CNC(C(=O)NCC1(NC(C)c2ccccc2)CCCC1)c1cnn(C)c1. The fourth-order valence-corrected chi connectivity index (χ4v) is 4.10. The van der Waals surface area contributed by atoms with Gasteiger partial charge in [-0.3, -0.25) is 9.48 Å². The maximum absolute atomic E-state index is 12.8. The zero-order chi connectivity index (χ0) is 19.3. The van der Waals surface area contributed by atoms with Crippen molar-refractivity contribution in [3.8, 4) is 0 Å². The van der Waals surface area contributed by atoms with E-state index in [9.17, 15) is 4.79 Å². The zero-order valence-electron chi connectivity index (χ0n) is 16.5. The van der Waals surface area contributed by atoms with Crippen LogP contribution in [-0.4, -0.2) is 34.8 Å². The third-order valence-electron chi connectivity index (χ3n) is 5.59. The van der Waals surface area contributed by atoms with Gasteiger partial charge in [0.25, 0.3) is 0 Å². The largest absolute Gasteiger partial charge is 0.353 e. The third-order valence-corrected chi connectivity index (χ3v) is 5.59. The average Bonchev–Trinajstić information content (AvgIpc) is 3.31. The Labute approximate surface area is 161 Å². The van der Waals surface area contributed by atoms with Crippen molar-refractivity contribution >= 4 is 5.91 Å². The lowest BCUT2D eigenvalue weighted by molar-refractivity contribution is -0.123. The molecular formula is C21H31N5O. The maximum Gasteiger partial charge on any atom is 0.241 e. The average molecular weight is 370 g/mol. The van der Waals surface area contributed by atoms with Gasteiger partial charge in [0.05, 0.1) is 6.20 Å². The number of rotatable bonds is 8. The van der Waals surface area contributed by atoms with Crippen molar-refractivity contribution in [1.82, 2.24) is 25.7 Å². The van der Waals surface area contributed by atoms with E-state index in [0.717, 1.165) is 18.4 Å². The summed E-state index contributed by atoms with van der Waals surface area (Å²) in [6, 6.07) is 10.3. The Morgan fingerprint density at radius 3 is 2.52 bits per heavy atom. The van der Waals surface area contributed by atoms with Crippen LogP contribution in [0, 0.1) is 0 Å². The molecule has 146 valence electrons. The molecule has 1 amide bonds. The number of carbonyl (C=O) groups excluding carboxylic acids is 1. The Balaban J connectivity index is 1.64. The maximum atomic E-state index is 12.8. The lowest BCUT2D eigenvalue weighted by Gasteiger charge is -2.34. The molecule has 1 aliphatic rings. The first-order chi connectivity index (χ1) is 13.0. The highest BCUT2D eigenvalue weighted by Crippen LogP contribution is 2.32. The second-order valence-corrected chi connectivity index (χ2v) is 7.65. The quantitative estimate of drug-likeness (QED) is 0.668. The van der Waals surface area contributed by atoms with Crippen molar-refractivity contribution in [1.29, 1.82) is 0 Å². The van der Waals surface area contributed by atoms with Gasteiger partial charge in [0, 0.05) is 36.9 Å². The molecule has 2 atom stereocenters. The summed E-state index contributed by atoms with van der Waals surface area (Å²) in [5, 5.41) is 14.3. The summed E-state index contributed by atoms with van der Waals surface area (Å²) in [4.78, 5) is 12.8. The predicted octanol–water partition coefficient (Wildman–Crippen LogP) is 2.46. The van der Waals surface area contributed by atoms with Crippen LogP contribution in [0.5, 0.6) is 0 Å². The highest BCUT2D eigenvalue weighted by Gasteiger charge is 2.36. The first-order valence-electron chi connectivity index (χ1n) is 9.79. The van der Waals surface area contributed by atoms with Gasteiger partial charge in [0.15, 0.2) is 0 Å². The second-order valence-electron chi connectivity index (χ2n) is 7.65. The number of nitrogens with zero attached hydrogens (tertiary/aromatic N) is 2. The lowest BCUT2D eigenvalue weighted by atomic mass is 9.94. The van der Waals surface area contributed by atoms with Crippen LogP contribution in [0.4, 0.5) is 0 Å². The molecule has 0 saturated heterocycles. The first kappa shape index (κ1) is 19.6. The number of carbonyl (C=O) groups is 1. The predicted molar refractivity (Wildman–Crippen MR) is 107 cm³/mol. The molecule has 27 heavy (non-hydrogen) atoms. The number of aromatic nitrogens is 2.